The van der Waals surface area contributed by atoms with E-state index in [2.05, 4.69) is 71.1 Å². The molecule has 1 aromatic carbocycles. The summed E-state index contributed by atoms with van der Waals surface area (Å²) >= 11 is 4.09. The van der Waals surface area contributed by atoms with E-state index in [4.69, 9.17) is 0 Å². The van der Waals surface area contributed by atoms with Crippen molar-refractivity contribution in [1.82, 2.24) is 19.5 Å². The first-order valence-corrected chi connectivity index (χ1v) is 8.68. The summed E-state index contributed by atoms with van der Waals surface area (Å²) in [6.45, 7) is 5.71. The Balaban J connectivity index is 0.000000252. The summed E-state index contributed by atoms with van der Waals surface area (Å²) in [7, 11) is 0. The zero-order valence-corrected chi connectivity index (χ0v) is 17.2. The van der Waals surface area contributed by atoms with Crippen LogP contribution in [0.2, 0.25) is 0 Å². The third-order valence-electron chi connectivity index (χ3n) is 4.18. The van der Waals surface area contributed by atoms with Crippen molar-refractivity contribution >= 4 is 48.7 Å². The molecule has 7 heteroatoms. The lowest BCUT2D eigenvalue weighted by molar-refractivity contribution is 0.319. The van der Waals surface area contributed by atoms with Gasteiger partial charge in [0.1, 0.15) is 0 Å². The van der Waals surface area contributed by atoms with Gasteiger partial charge in [-0.25, -0.2) is 0 Å². The SMILES string of the molecule is CCN1CC=C(c2ccccc2)CC1.Cl.Cl.Sc1nnc2ccccn12. The molecule has 0 aliphatic carbocycles. The van der Waals surface area contributed by atoms with Gasteiger partial charge in [-0.1, -0.05) is 49.4 Å². The van der Waals surface area contributed by atoms with Crippen molar-refractivity contribution in [3.63, 3.8) is 0 Å². The summed E-state index contributed by atoms with van der Waals surface area (Å²) in [5.74, 6) is 0. The highest BCUT2D eigenvalue weighted by Gasteiger charge is 2.10. The molecule has 0 fully saturated rings. The Bertz CT molecular complexity index is 821. The van der Waals surface area contributed by atoms with Crippen molar-refractivity contribution in [3.05, 3.63) is 66.4 Å². The lowest BCUT2D eigenvalue weighted by atomic mass is 10.00. The molecule has 1 aliphatic heterocycles. The van der Waals surface area contributed by atoms with Crippen molar-refractivity contribution in [1.29, 1.82) is 0 Å². The molecular formula is C19H24Cl2N4S. The first-order chi connectivity index (χ1) is 11.8. The molecule has 0 saturated heterocycles. The maximum absolute atomic E-state index is 4.09. The van der Waals surface area contributed by atoms with Crippen LogP contribution in [0.25, 0.3) is 11.2 Å². The Morgan fingerprint density at radius 1 is 1.00 bits per heavy atom. The predicted molar refractivity (Wildman–Crippen MR) is 116 cm³/mol. The van der Waals surface area contributed by atoms with Crippen LogP contribution in [0, 0.1) is 0 Å². The van der Waals surface area contributed by atoms with Crippen LogP contribution >= 0.6 is 37.4 Å². The quantitative estimate of drug-likeness (QED) is 0.623. The van der Waals surface area contributed by atoms with Crippen LogP contribution in [0.15, 0.2) is 66.0 Å². The first kappa shape index (κ1) is 22.5. The molecule has 0 radical (unpaired) electrons. The summed E-state index contributed by atoms with van der Waals surface area (Å²) in [5, 5.41) is 8.25. The van der Waals surface area contributed by atoms with Crippen molar-refractivity contribution in [2.24, 2.45) is 0 Å². The Morgan fingerprint density at radius 2 is 1.73 bits per heavy atom. The van der Waals surface area contributed by atoms with Crippen LogP contribution in [0.3, 0.4) is 0 Å². The van der Waals surface area contributed by atoms with Crippen LogP contribution in [-0.2, 0) is 0 Å². The average molecular weight is 411 g/mol. The van der Waals surface area contributed by atoms with Crippen molar-refractivity contribution in [3.8, 4) is 0 Å². The lowest BCUT2D eigenvalue weighted by Crippen LogP contribution is -2.27. The zero-order valence-electron chi connectivity index (χ0n) is 14.7. The van der Waals surface area contributed by atoms with Gasteiger partial charge in [-0.05, 0) is 36.2 Å². The van der Waals surface area contributed by atoms with E-state index in [9.17, 15) is 0 Å². The molecule has 4 rings (SSSR count). The van der Waals surface area contributed by atoms with Crippen LogP contribution in [-0.4, -0.2) is 39.1 Å². The number of thiol groups is 1. The number of hydrogen-bond donors (Lipinski definition) is 1. The highest BCUT2D eigenvalue weighted by Crippen LogP contribution is 2.21. The highest BCUT2D eigenvalue weighted by atomic mass is 35.5. The molecule has 0 N–H and O–H groups in total. The maximum atomic E-state index is 4.09. The summed E-state index contributed by atoms with van der Waals surface area (Å²) < 4.78 is 1.81. The number of pyridine rings is 1. The van der Waals surface area contributed by atoms with Gasteiger partial charge in [-0.15, -0.1) is 47.6 Å². The van der Waals surface area contributed by atoms with Gasteiger partial charge in [0, 0.05) is 19.3 Å². The van der Waals surface area contributed by atoms with E-state index >= 15 is 0 Å². The highest BCUT2D eigenvalue weighted by molar-refractivity contribution is 7.80. The van der Waals surface area contributed by atoms with E-state index in [1.165, 1.54) is 30.6 Å². The molecule has 2 aromatic heterocycles. The fraction of sp³-hybridized carbons (Fsp3) is 0.263. The largest absolute Gasteiger partial charge is 0.300 e. The van der Waals surface area contributed by atoms with E-state index in [-0.39, 0.29) is 24.8 Å². The molecule has 0 spiro atoms. The van der Waals surface area contributed by atoms with E-state index in [1.54, 1.807) is 0 Å². The van der Waals surface area contributed by atoms with E-state index in [0.29, 0.717) is 5.16 Å². The number of benzene rings is 1. The van der Waals surface area contributed by atoms with Gasteiger partial charge in [0.2, 0.25) is 0 Å². The molecule has 26 heavy (non-hydrogen) atoms. The van der Waals surface area contributed by atoms with Crippen molar-refractivity contribution in [2.45, 2.75) is 18.5 Å². The molecule has 0 atom stereocenters. The lowest BCUT2D eigenvalue weighted by Gasteiger charge is -2.24. The van der Waals surface area contributed by atoms with Gasteiger partial charge in [-0.2, -0.15) is 0 Å². The molecule has 140 valence electrons. The van der Waals surface area contributed by atoms with E-state index in [0.717, 1.165) is 12.2 Å². The van der Waals surface area contributed by atoms with Crippen LogP contribution in [0.1, 0.15) is 18.9 Å². The number of hydrogen-bond acceptors (Lipinski definition) is 4. The standard InChI is InChI=1S/C13H17N.C6H5N3S.2ClH/c1-2-14-10-8-13(9-11-14)12-6-4-3-5-7-12;10-6-8-7-5-3-1-2-4-9(5)6;;/h3-8H,2,9-11H2,1H3;1-4H,(H,8,10);2*1H. The third-order valence-corrected chi connectivity index (χ3v) is 4.49. The van der Waals surface area contributed by atoms with Gasteiger partial charge >= 0.3 is 0 Å². The van der Waals surface area contributed by atoms with E-state index < -0.39 is 0 Å². The summed E-state index contributed by atoms with van der Waals surface area (Å²) in [4.78, 5) is 2.46. The fourth-order valence-corrected chi connectivity index (χ4v) is 2.96. The van der Waals surface area contributed by atoms with Crippen LogP contribution in [0.5, 0.6) is 0 Å². The molecule has 0 saturated carbocycles. The molecule has 4 nitrogen and oxygen atoms in total. The van der Waals surface area contributed by atoms with Gasteiger partial charge < -0.3 is 0 Å². The van der Waals surface area contributed by atoms with Crippen molar-refractivity contribution < 1.29 is 0 Å². The molecule has 0 amide bonds. The second-order valence-corrected chi connectivity index (χ2v) is 6.07. The molecule has 3 aromatic rings. The third kappa shape index (κ3) is 5.74. The van der Waals surface area contributed by atoms with Gasteiger partial charge in [0.25, 0.3) is 0 Å². The Kier molecular flexibility index (Phi) is 9.73. The zero-order chi connectivity index (χ0) is 16.8. The summed E-state index contributed by atoms with van der Waals surface area (Å²) in [6.07, 6.45) is 5.43. The number of aromatic nitrogens is 3. The number of likely N-dealkylation sites (N-methyl/N-ethyl adjacent to an activating group) is 1. The van der Waals surface area contributed by atoms with Crippen LogP contribution in [0.4, 0.5) is 0 Å². The molecule has 1 aliphatic rings. The predicted octanol–water partition coefficient (Wildman–Crippen LogP) is 4.66. The second-order valence-electron chi connectivity index (χ2n) is 5.67. The number of rotatable bonds is 2. The minimum Gasteiger partial charge on any atom is -0.300 e. The Labute approximate surface area is 172 Å². The monoisotopic (exact) mass is 410 g/mol. The van der Waals surface area contributed by atoms with Gasteiger partial charge in [-0.3, -0.25) is 9.30 Å². The van der Waals surface area contributed by atoms with Gasteiger partial charge in [0.05, 0.1) is 0 Å². The normalized spacial score (nSPS) is 13.7. The molecular weight excluding hydrogens is 387 g/mol. The first-order valence-electron chi connectivity index (χ1n) is 8.23. The molecule has 3 heterocycles. The topological polar surface area (TPSA) is 33.4 Å². The smallest absolute Gasteiger partial charge is 0.192 e. The number of nitrogens with zero attached hydrogens (tertiary/aromatic N) is 4. The summed E-state index contributed by atoms with van der Waals surface area (Å²) in [5.41, 5.74) is 3.73. The average Bonchev–Trinajstić information content (AvgIpc) is 3.05. The minimum absolute atomic E-state index is 0. The minimum atomic E-state index is 0. The Hall–Kier alpha value is -1.53. The second kappa shape index (κ2) is 11.2. The fourth-order valence-electron chi connectivity index (χ4n) is 2.74. The molecule has 0 unspecified atom stereocenters. The molecule has 0 bridgehead atoms. The number of fused-ring (bicyclic) bond motifs is 1. The summed E-state index contributed by atoms with van der Waals surface area (Å²) in [6, 6.07) is 16.4. The maximum Gasteiger partial charge on any atom is 0.192 e. The van der Waals surface area contributed by atoms with Crippen LogP contribution < -0.4 is 0 Å². The van der Waals surface area contributed by atoms with Crippen molar-refractivity contribution in [2.75, 3.05) is 19.6 Å². The van der Waals surface area contributed by atoms with E-state index in [1.807, 2.05) is 28.8 Å². The van der Waals surface area contributed by atoms with Gasteiger partial charge in [0.15, 0.2) is 10.8 Å². The number of halogens is 2. The Morgan fingerprint density at radius 3 is 2.35 bits per heavy atom.